The quantitative estimate of drug-likeness (QED) is 0.432. The van der Waals surface area contributed by atoms with Crippen molar-refractivity contribution < 1.29 is 9.53 Å². The summed E-state index contributed by atoms with van der Waals surface area (Å²) in [5, 5.41) is 3.76. The molecule has 0 atom stereocenters. The molecule has 0 aliphatic carbocycles. The zero-order valence-corrected chi connectivity index (χ0v) is 20.4. The van der Waals surface area contributed by atoms with E-state index in [0.717, 1.165) is 61.2 Å². The summed E-state index contributed by atoms with van der Waals surface area (Å²) in [5.41, 5.74) is 4.24. The molecule has 0 radical (unpaired) electrons. The van der Waals surface area contributed by atoms with Crippen molar-refractivity contribution in [1.29, 1.82) is 0 Å². The van der Waals surface area contributed by atoms with Crippen LogP contribution < -0.4 is 15.0 Å². The standard InChI is InChI=1S/C28H32ClN3O2/c1-22-7-11-24(12-8-22)28(33)30-15-4-20-34-25-13-9-23(10-14-25)21-31-16-18-32(19-17-31)27-6-3-2-5-26(27)29/h2-3,5-14H,4,15-21H2,1H3,(H,30,33). The van der Waals surface area contributed by atoms with Crippen LogP contribution >= 0.6 is 11.6 Å². The fourth-order valence-corrected chi connectivity index (χ4v) is 4.33. The van der Waals surface area contributed by atoms with Gasteiger partial charge in [-0.1, -0.05) is 53.6 Å². The molecule has 3 aromatic carbocycles. The van der Waals surface area contributed by atoms with Crippen LogP contribution in [0.4, 0.5) is 5.69 Å². The van der Waals surface area contributed by atoms with Gasteiger partial charge in [0.2, 0.25) is 0 Å². The lowest BCUT2D eigenvalue weighted by atomic mass is 10.1. The number of hydrogen-bond donors (Lipinski definition) is 1. The number of benzene rings is 3. The summed E-state index contributed by atoms with van der Waals surface area (Å²) in [6.45, 7) is 8.08. The van der Waals surface area contributed by atoms with E-state index in [2.05, 4.69) is 33.3 Å². The monoisotopic (exact) mass is 477 g/mol. The Labute approximate surface area is 207 Å². The zero-order chi connectivity index (χ0) is 23.8. The summed E-state index contributed by atoms with van der Waals surface area (Å²) < 4.78 is 5.84. The number of para-hydroxylation sites is 1. The molecule has 6 heteroatoms. The van der Waals surface area contributed by atoms with Crippen LogP contribution in [0.15, 0.2) is 72.8 Å². The highest BCUT2D eigenvalue weighted by molar-refractivity contribution is 6.33. The van der Waals surface area contributed by atoms with Gasteiger partial charge < -0.3 is 15.0 Å². The van der Waals surface area contributed by atoms with Crippen LogP contribution in [-0.2, 0) is 6.54 Å². The number of halogens is 1. The Morgan fingerprint density at radius 3 is 2.35 bits per heavy atom. The van der Waals surface area contributed by atoms with Gasteiger partial charge in [0.25, 0.3) is 5.91 Å². The van der Waals surface area contributed by atoms with Crippen molar-refractivity contribution in [3.63, 3.8) is 0 Å². The van der Waals surface area contributed by atoms with E-state index in [1.165, 1.54) is 5.56 Å². The second kappa shape index (κ2) is 11.9. The van der Waals surface area contributed by atoms with Crippen molar-refractivity contribution in [1.82, 2.24) is 10.2 Å². The number of ether oxygens (including phenoxy) is 1. The summed E-state index contributed by atoms with van der Waals surface area (Å²) in [4.78, 5) is 17.0. The molecule has 0 saturated carbocycles. The number of anilines is 1. The Morgan fingerprint density at radius 1 is 0.941 bits per heavy atom. The van der Waals surface area contributed by atoms with E-state index in [9.17, 15) is 4.79 Å². The summed E-state index contributed by atoms with van der Waals surface area (Å²) in [5.74, 6) is 0.814. The average molecular weight is 478 g/mol. The number of nitrogens with zero attached hydrogens (tertiary/aromatic N) is 2. The Bertz CT molecular complexity index is 1060. The number of amides is 1. The van der Waals surface area contributed by atoms with E-state index in [0.29, 0.717) is 18.7 Å². The van der Waals surface area contributed by atoms with Gasteiger partial charge in [-0.25, -0.2) is 0 Å². The fourth-order valence-electron chi connectivity index (χ4n) is 4.08. The van der Waals surface area contributed by atoms with E-state index in [-0.39, 0.29) is 5.91 Å². The summed E-state index contributed by atoms with van der Waals surface area (Å²) in [6.07, 6.45) is 0.759. The third kappa shape index (κ3) is 6.75. The molecule has 1 aliphatic heterocycles. The third-order valence-electron chi connectivity index (χ3n) is 6.08. The minimum absolute atomic E-state index is 0.0444. The predicted octanol–water partition coefficient (Wildman–Crippen LogP) is 5.17. The van der Waals surface area contributed by atoms with Gasteiger partial charge >= 0.3 is 0 Å². The number of carbonyl (C=O) groups excluding carboxylic acids is 1. The second-order valence-electron chi connectivity index (χ2n) is 8.68. The highest BCUT2D eigenvalue weighted by Gasteiger charge is 2.18. The first-order chi connectivity index (χ1) is 16.6. The summed E-state index contributed by atoms with van der Waals surface area (Å²) in [6, 6.07) is 24.0. The molecule has 4 rings (SSSR count). The van der Waals surface area contributed by atoms with Gasteiger partial charge in [0, 0.05) is 44.8 Å². The second-order valence-corrected chi connectivity index (χ2v) is 9.09. The first-order valence-electron chi connectivity index (χ1n) is 11.9. The van der Waals surface area contributed by atoms with E-state index >= 15 is 0 Å². The van der Waals surface area contributed by atoms with Crippen LogP contribution in [0.2, 0.25) is 5.02 Å². The summed E-state index contributed by atoms with van der Waals surface area (Å²) >= 11 is 6.35. The Hall–Kier alpha value is -3.02. The van der Waals surface area contributed by atoms with Gasteiger partial charge in [-0.15, -0.1) is 0 Å². The molecule has 1 saturated heterocycles. The van der Waals surface area contributed by atoms with Crippen molar-refractivity contribution in [2.75, 3.05) is 44.2 Å². The first kappa shape index (κ1) is 24.1. The maximum Gasteiger partial charge on any atom is 0.251 e. The number of rotatable bonds is 9. The lowest BCUT2D eigenvalue weighted by Gasteiger charge is -2.36. The molecule has 0 aromatic heterocycles. The van der Waals surface area contributed by atoms with Crippen LogP contribution in [0.25, 0.3) is 0 Å². The summed E-state index contributed by atoms with van der Waals surface area (Å²) in [7, 11) is 0. The molecule has 0 spiro atoms. The minimum atomic E-state index is -0.0444. The smallest absolute Gasteiger partial charge is 0.251 e. The molecule has 5 nitrogen and oxygen atoms in total. The minimum Gasteiger partial charge on any atom is -0.494 e. The number of carbonyl (C=O) groups is 1. The van der Waals surface area contributed by atoms with Crippen LogP contribution in [-0.4, -0.2) is 50.1 Å². The molecule has 1 aliphatic rings. The van der Waals surface area contributed by atoms with Crippen LogP contribution in [0.5, 0.6) is 5.75 Å². The number of nitrogens with one attached hydrogen (secondary N) is 1. The maximum absolute atomic E-state index is 12.1. The fraction of sp³-hybridized carbons (Fsp3) is 0.321. The average Bonchev–Trinajstić information content (AvgIpc) is 2.86. The molecule has 178 valence electrons. The molecular formula is C28H32ClN3O2. The van der Waals surface area contributed by atoms with Crippen molar-refractivity contribution in [2.45, 2.75) is 19.9 Å². The molecular weight excluding hydrogens is 446 g/mol. The largest absolute Gasteiger partial charge is 0.494 e. The Kier molecular flexibility index (Phi) is 8.45. The third-order valence-corrected chi connectivity index (χ3v) is 6.40. The van der Waals surface area contributed by atoms with Crippen molar-refractivity contribution in [2.24, 2.45) is 0 Å². The predicted molar refractivity (Wildman–Crippen MR) is 139 cm³/mol. The first-order valence-corrected chi connectivity index (χ1v) is 12.2. The lowest BCUT2D eigenvalue weighted by molar-refractivity contribution is 0.0951. The Balaban J connectivity index is 1.14. The highest BCUT2D eigenvalue weighted by atomic mass is 35.5. The van der Waals surface area contributed by atoms with Gasteiger partial charge in [-0.3, -0.25) is 9.69 Å². The Morgan fingerprint density at radius 2 is 1.65 bits per heavy atom. The maximum atomic E-state index is 12.1. The highest BCUT2D eigenvalue weighted by Crippen LogP contribution is 2.26. The van der Waals surface area contributed by atoms with E-state index < -0.39 is 0 Å². The van der Waals surface area contributed by atoms with Crippen molar-refractivity contribution in [3.05, 3.63) is 94.5 Å². The van der Waals surface area contributed by atoms with Gasteiger partial charge in [0.15, 0.2) is 0 Å². The molecule has 3 aromatic rings. The molecule has 1 N–H and O–H groups in total. The molecule has 1 fully saturated rings. The van der Waals surface area contributed by atoms with E-state index in [4.69, 9.17) is 16.3 Å². The topological polar surface area (TPSA) is 44.8 Å². The molecule has 1 amide bonds. The van der Waals surface area contributed by atoms with Gasteiger partial charge in [0.1, 0.15) is 5.75 Å². The number of aryl methyl sites for hydroxylation is 1. The van der Waals surface area contributed by atoms with Crippen LogP contribution in [0, 0.1) is 6.92 Å². The van der Waals surface area contributed by atoms with Crippen molar-refractivity contribution in [3.8, 4) is 5.75 Å². The molecule has 0 bridgehead atoms. The van der Waals surface area contributed by atoms with Crippen molar-refractivity contribution >= 4 is 23.2 Å². The zero-order valence-electron chi connectivity index (χ0n) is 19.7. The number of hydrogen-bond acceptors (Lipinski definition) is 4. The number of piperazine rings is 1. The van der Waals surface area contributed by atoms with Gasteiger partial charge in [-0.05, 0) is 55.3 Å². The normalized spacial score (nSPS) is 14.1. The SMILES string of the molecule is Cc1ccc(C(=O)NCCCOc2ccc(CN3CCN(c4ccccc4Cl)CC3)cc2)cc1. The van der Waals surface area contributed by atoms with Crippen LogP contribution in [0.3, 0.4) is 0 Å². The van der Waals surface area contributed by atoms with E-state index in [1.54, 1.807) is 0 Å². The lowest BCUT2D eigenvalue weighted by Crippen LogP contribution is -2.46. The van der Waals surface area contributed by atoms with Crippen LogP contribution in [0.1, 0.15) is 27.9 Å². The van der Waals surface area contributed by atoms with Gasteiger partial charge in [0.05, 0.1) is 17.3 Å². The van der Waals surface area contributed by atoms with Gasteiger partial charge in [-0.2, -0.15) is 0 Å². The van der Waals surface area contributed by atoms with E-state index in [1.807, 2.05) is 61.5 Å². The molecule has 0 unspecified atom stereocenters. The molecule has 34 heavy (non-hydrogen) atoms. The molecule has 1 heterocycles.